The van der Waals surface area contributed by atoms with Crippen LogP contribution >= 0.6 is 11.6 Å². The van der Waals surface area contributed by atoms with E-state index >= 15 is 0 Å². The molecule has 1 heterocycles. The number of halogens is 1. The molecular formula is C37H23ClO. The van der Waals surface area contributed by atoms with Gasteiger partial charge in [-0.15, -0.1) is 0 Å². The van der Waals surface area contributed by atoms with Crippen molar-refractivity contribution < 1.29 is 4.42 Å². The number of rotatable bonds is 3. The number of hydrogen-bond donors (Lipinski definition) is 0. The first-order valence-corrected chi connectivity index (χ1v) is 13.6. The van der Waals surface area contributed by atoms with Gasteiger partial charge in [-0.05, 0) is 51.1 Å². The van der Waals surface area contributed by atoms with Gasteiger partial charge in [-0.3, -0.25) is 0 Å². The Kier molecular flexibility index (Phi) is 4.86. The zero-order chi connectivity index (χ0) is 26.0. The van der Waals surface area contributed by atoms with Crippen LogP contribution in [-0.4, -0.2) is 0 Å². The van der Waals surface area contributed by atoms with E-state index in [9.17, 15) is 0 Å². The van der Waals surface area contributed by atoms with Gasteiger partial charge in [0.05, 0.1) is 5.41 Å². The third-order valence-corrected chi connectivity index (χ3v) is 8.56. The summed E-state index contributed by atoms with van der Waals surface area (Å²) in [5.41, 5.74) is 10.7. The summed E-state index contributed by atoms with van der Waals surface area (Å²) in [6, 6.07) is 49.3. The molecule has 8 rings (SSSR count). The van der Waals surface area contributed by atoms with Crippen molar-refractivity contribution in [3.63, 3.8) is 0 Å². The molecule has 0 saturated carbocycles. The summed E-state index contributed by atoms with van der Waals surface area (Å²) in [6.45, 7) is 0. The molecule has 0 amide bonds. The van der Waals surface area contributed by atoms with Gasteiger partial charge >= 0.3 is 0 Å². The fourth-order valence-corrected chi connectivity index (χ4v) is 6.95. The SMILES string of the molecule is Clc1cccc2c1C(c1ccccc1)(c1ccc(-c3cccc4c3oc3ccccc34)cc1)c1ccccc1-2. The van der Waals surface area contributed by atoms with Crippen LogP contribution < -0.4 is 0 Å². The first-order valence-electron chi connectivity index (χ1n) is 13.2. The maximum absolute atomic E-state index is 7.06. The van der Waals surface area contributed by atoms with E-state index in [1.807, 2.05) is 18.2 Å². The molecule has 1 aliphatic carbocycles. The van der Waals surface area contributed by atoms with Crippen LogP contribution in [0.15, 0.2) is 144 Å². The van der Waals surface area contributed by atoms with Crippen molar-refractivity contribution in [2.45, 2.75) is 5.41 Å². The molecule has 2 heteroatoms. The minimum atomic E-state index is -0.518. The third-order valence-electron chi connectivity index (χ3n) is 8.25. The van der Waals surface area contributed by atoms with E-state index in [-0.39, 0.29) is 0 Å². The molecule has 39 heavy (non-hydrogen) atoms. The van der Waals surface area contributed by atoms with Gasteiger partial charge in [0.25, 0.3) is 0 Å². The molecule has 7 aromatic rings. The van der Waals surface area contributed by atoms with E-state index < -0.39 is 5.41 Å². The summed E-state index contributed by atoms with van der Waals surface area (Å²) in [6.07, 6.45) is 0. The molecule has 184 valence electrons. The van der Waals surface area contributed by atoms with E-state index in [4.69, 9.17) is 16.0 Å². The molecule has 6 aromatic carbocycles. The van der Waals surface area contributed by atoms with Crippen LogP contribution in [0.25, 0.3) is 44.2 Å². The average molecular weight is 519 g/mol. The van der Waals surface area contributed by atoms with E-state index in [0.717, 1.165) is 43.7 Å². The molecule has 1 atom stereocenters. The van der Waals surface area contributed by atoms with Crippen LogP contribution in [0.1, 0.15) is 22.3 Å². The summed E-state index contributed by atoms with van der Waals surface area (Å²) in [4.78, 5) is 0. The number of furan rings is 1. The first kappa shape index (κ1) is 22.4. The van der Waals surface area contributed by atoms with Crippen molar-refractivity contribution in [2.75, 3.05) is 0 Å². The maximum Gasteiger partial charge on any atom is 0.143 e. The summed E-state index contributed by atoms with van der Waals surface area (Å²) in [5, 5.41) is 3.06. The zero-order valence-corrected chi connectivity index (χ0v) is 21.8. The monoisotopic (exact) mass is 518 g/mol. The van der Waals surface area contributed by atoms with Crippen LogP contribution in [0.5, 0.6) is 0 Å². The summed E-state index contributed by atoms with van der Waals surface area (Å²) >= 11 is 7.06. The highest BCUT2D eigenvalue weighted by Gasteiger charge is 2.47. The zero-order valence-electron chi connectivity index (χ0n) is 21.1. The van der Waals surface area contributed by atoms with Gasteiger partial charge in [-0.25, -0.2) is 0 Å². The predicted molar refractivity (Wildman–Crippen MR) is 161 cm³/mol. The van der Waals surface area contributed by atoms with Gasteiger partial charge in [0.1, 0.15) is 11.2 Å². The van der Waals surface area contributed by atoms with E-state index in [2.05, 4.69) is 121 Å². The van der Waals surface area contributed by atoms with Gasteiger partial charge in [-0.1, -0.05) is 139 Å². The lowest BCUT2D eigenvalue weighted by atomic mass is 9.67. The molecule has 0 radical (unpaired) electrons. The number of benzene rings is 6. The Hall–Kier alpha value is -4.59. The van der Waals surface area contributed by atoms with Crippen LogP contribution in [0, 0.1) is 0 Å². The molecule has 0 saturated heterocycles. The van der Waals surface area contributed by atoms with Crippen LogP contribution in [0.2, 0.25) is 5.02 Å². The largest absolute Gasteiger partial charge is 0.455 e. The van der Waals surface area contributed by atoms with Crippen LogP contribution in [-0.2, 0) is 5.41 Å². The van der Waals surface area contributed by atoms with Crippen LogP contribution in [0.3, 0.4) is 0 Å². The number of fused-ring (bicyclic) bond motifs is 6. The van der Waals surface area contributed by atoms with Crippen molar-refractivity contribution in [1.29, 1.82) is 0 Å². The van der Waals surface area contributed by atoms with Gasteiger partial charge in [-0.2, -0.15) is 0 Å². The highest BCUT2D eigenvalue weighted by atomic mass is 35.5. The molecule has 0 spiro atoms. The average Bonchev–Trinajstić information content (AvgIpc) is 3.53. The van der Waals surface area contributed by atoms with Crippen molar-refractivity contribution in [3.05, 3.63) is 167 Å². The molecule has 1 aliphatic rings. The van der Waals surface area contributed by atoms with Crippen molar-refractivity contribution in [3.8, 4) is 22.3 Å². The Morgan fingerprint density at radius 3 is 2.00 bits per heavy atom. The molecule has 0 N–H and O–H groups in total. The second kappa shape index (κ2) is 8.46. The second-order valence-electron chi connectivity index (χ2n) is 10.2. The summed E-state index contributed by atoms with van der Waals surface area (Å²) < 4.78 is 6.35. The van der Waals surface area contributed by atoms with Crippen molar-refractivity contribution in [2.24, 2.45) is 0 Å². The maximum atomic E-state index is 7.06. The summed E-state index contributed by atoms with van der Waals surface area (Å²) in [7, 11) is 0. The number of hydrogen-bond acceptors (Lipinski definition) is 1. The third kappa shape index (κ3) is 3.08. The molecule has 1 nitrogen and oxygen atoms in total. The molecule has 1 aromatic heterocycles. The van der Waals surface area contributed by atoms with Gasteiger partial charge in [0.15, 0.2) is 0 Å². The molecule has 0 aliphatic heterocycles. The molecule has 1 unspecified atom stereocenters. The highest BCUT2D eigenvalue weighted by molar-refractivity contribution is 6.32. The lowest BCUT2D eigenvalue weighted by Gasteiger charge is -2.34. The Morgan fingerprint density at radius 1 is 0.487 bits per heavy atom. The van der Waals surface area contributed by atoms with E-state index in [0.29, 0.717) is 0 Å². The Bertz CT molecular complexity index is 2020. The lowest BCUT2D eigenvalue weighted by Crippen LogP contribution is -2.28. The quantitative estimate of drug-likeness (QED) is 0.227. The van der Waals surface area contributed by atoms with Gasteiger partial charge in [0.2, 0.25) is 0 Å². The van der Waals surface area contributed by atoms with Gasteiger partial charge in [0, 0.05) is 21.4 Å². The predicted octanol–water partition coefficient (Wildman–Crippen LogP) is 10.3. The fourth-order valence-electron chi connectivity index (χ4n) is 6.64. The van der Waals surface area contributed by atoms with E-state index in [1.165, 1.54) is 27.8 Å². The topological polar surface area (TPSA) is 13.1 Å². The molecule has 0 bridgehead atoms. The first-order chi connectivity index (χ1) is 19.3. The molecular weight excluding hydrogens is 496 g/mol. The Labute approximate surface area is 231 Å². The van der Waals surface area contributed by atoms with Crippen molar-refractivity contribution >= 4 is 33.5 Å². The summed E-state index contributed by atoms with van der Waals surface area (Å²) in [5.74, 6) is 0. The van der Waals surface area contributed by atoms with Crippen LogP contribution in [0.4, 0.5) is 0 Å². The normalized spacial score (nSPS) is 15.9. The minimum Gasteiger partial charge on any atom is -0.455 e. The molecule has 0 fully saturated rings. The Morgan fingerprint density at radius 2 is 1.13 bits per heavy atom. The lowest BCUT2D eigenvalue weighted by molar-refractivity contribution is 0.670. The van der Waals surface area contributed by atoms with Crippen molar-refractivity contribution in [1.82, 2.24) is 0 Å². The second-order valence-corrected chi connectivity index (χ2v) is 10.6. The van der Waals surface area contributed by atoms with E-state index in [1.54, 1.807) is 0 Å². The number of para-hydroxylation sites is 2. The Balaban J connectivity index is 1.38. The highest BCUT2D eigenvalue weighted by Crippen LogP contribution is 2.58. The standard InChI is InChI=1S/C37H23ClO/c38-33-18-9-15-30-28-12-4-6-17-32(28)37(35(30)33,25-10-2-1-3-11-25)26-22-20-24(21-23-26)27-14-8-16-31-29-13-5-7-19-34(29)39-36(27)31/h1-23H. The smallest absolute Gasteiger partial charge is 0.143 e. The fraction of sp³-hybridized carbons (Fsp3) is 0.0270. The minimum absolute atomic E-state index is 0.518. The van der Waals surface area contributed by atoms with Gasteiger partial charge < -0.3 is 4.42 Å².